The maximum atomic E-state index is 4.81. The fraction of sp³-hybridized carbons (Fsp3) is 0.459. The van der Waals surface area contributed by atoms with Crippen molar-refractivity contribution in [1.82, 2.24) is 10.2 Å². The van der Waals surface area contributed by atoms with Crippen molar-refractivity contribution in [3.8, 4) is 0 Å². The summed E-state index contributed by atoms with van der Waals surface area (Å²) in [5.74, 6) is 1.52. The minimum atomic E-state index is 0.680. The molecule has 0 unspecified atom stereocenters. The molecule has 0 bridgehead atoms. The highest BCUT2D eigenvalue weighted by molar-refractivity contribution is 6.00. The summed E-state index contributed by atoms with van der Waals surface area (Å²) in [5, 5.41) is 3.20. The van der Waals surface area contributed by atoms with Gasteiger partial charge in [0.1, 0.15) is 5.84 Å². The Morgan fingerprint density at radius 2 is 1.41 bits per heavy atom. The fourth-order valence-electron chi connectivity index (χ4n) is 2.88. The Bertz CT molecular complexity index is 1040. The zero-order valence-corrected chi connectivity index (χ0v) is 28.9. The van der Waals surface area contributed by atoms with Gasteiger partial charge in [0.05, 0.1) is 0 Å². The molecule has 0 heterocycles. The summed E-state index contributed by atoms with van der Waals surface area (Å²) < 4.78 is 0. The summed E-state index contributed by atoms with van der Waals surface area (Å²) in [5.41, 5.74) is 7.24. The van der Waals surface area contributed by atoms with Crippen LogP contribution in [-0.4, -0.2) is 37.6 Å². The summed E-state index contributed by atoms with van der Waals surface area (Å²) in [6, 6.07) is 8.27. The van der Waals surface area contributed by atoms with Crippen LogP contribution in [-0.2, 0) is 0 Å². The van der Waals surface area contributed by atoms with Crippen molar-refractivity contribution < 1.29 is 0 Å². The van der Waals surface area contributed by atoms with Gasteiger partial charge in [0.15, 0.2) is 0 Å². The van der Waals surface area contributed by atoms with Gasteiger partial charge in [0.2, 0.25) is 0 Å². The van der Waals surface area contributed by atoms with E-state index in [9.17, 15) is 0 Å². The van der Waals surface area contributed by atoms with E-state index in [2.05, 4.69) is 103 Å². The fourth-order valence-corrected chi connectivity index (χ4v) is 2.88. The van der Waals surface area contributed by atoms with Gasteiger partial charge in [-0.3, -0.25) is 9.98 Å². The second-order valence-corrected chi connectivity index (χ2v) is 10.6. The molecule has 0 spiro atoms. The highest BCUT2D eigenvalue weighted by atomic mass is 15.0. The Morgan fingerprint density at radius 3 is 1.78 bits per heavy atom. The molecule has 0 aromatic heterocycles. The molecular formula is C37H62N4. The third kappa shape index (κ3) is 21.1. The van der Waals surface area contributed by atoms with E-state index in [1.54, 1.807) is 13.1 Å². The van der Waals surface area contributed by atoms with E-state index in [1.807, 2.05) is 58.1 Å². The number of aliphatic imine (C=N–C) groups is 2. The van der Waals surface area contributed by atoms with Gasteiger partial charge in [-0.1, -0.05) is 124 Å². The minimum Gasteiger partial charge on any atom is -0.383 e. The molecule has 1 N–H and O–H groups in total. The van der Waals surface area contributed by atoms with Crippen LogP contribution in [0.3, 0.4) is 0 Å². The summed E-state index contributed by atoms with van der Waals surface area (Å²) in [4.78, 5) is 11.0. The molecule has 230 valence electrons. The monoisotopic (exact) mass is 562 g/mol. The van der Waals surface area contributed by atoms with Crippen LogP contribution < -0.4 is 5.32 Å². The third-order valence-electron chi connectivity index (χ3n) is 4.88. The molecule has 0 radical (unpaired) electrons. The Hall–Kier alpha value is -3.40. The molecule has 0 fully saturated rings. The number of nitrogens with one attached hydrogen (secondary N) is 1. The first-order valence-corrected chi connectivity index (χ1v) is 14.8. The van der Waals surface area contributed by atoms with E-state index in [0.29, 0.717) is 11.5 Å². The first kappa shape index (κ1) is 42.1. The lowest BCUT2D eigenvalue weighted by Gasteiger charge is -2.14. The molecule has 4 nitrogen and oxygen atoms in total. The van der Waals surface area contributed by atoms with E-state index in [-0.39, 0.29) is 0 Å². The first-order chi connectivity index (χ1) is 19.2. The summed E-state index contributed by atoms with van der Waals surface area (Å²) in [6.45, 7) is 36.8. The molecule has 1 aromatic rings. The molecule has 4 heteroatoms. The molecular weight excluding hydrogens is 500 g/mol. The maximum absolute atomic E-state index is 4.81. The van der Waals surface area contributed by atoms with E-state index in [4.69, 9.17) is 4.99 Å². The van der Waals surface area contributed by atoms with Gasteiger partial charge < -0.3 is 10.2 Å². The van der Waals surface area contributed by atoms with Gasteiger partial charge in [0.25, 0.3) is 0 Å². The third-order valence-corrected chi connectivity index (χ3v) is 4.88. The second kappa shape index (κ2) is 25.6. The smallest absolute Gasteiger partial charge is 0.127 e. The van der Waals surface area contributed by atoms with Crippen molar-refractivity contribution in [1.29, 1.82) is 0 Å². The Balaban J connectivity index is -0.00000112. The number of nitrogens with zero attached hydrogens (tertiary/aromatic N) is 3. The zero-order chi connectivity index (χ0) is 32.5. The SMILES string of the molecule is C=C/C(=C\N(C)C)c1cccc(C(C)=N/C(C)=C(\C=C)C(=C)NC(=NC)C(=C)C)c1.CC(C)C.CCC.CCCC. The van der Waals surface area contributed by atoms with Crippen molar-refractivity contribution in [3.05, 3.63) is 103 Å². The van der Waals surface area contributed by atoms with Crippen LogP contribution >= 0.6 is 0 Å². The van der Waals surface area contributed by atoms with Gasteiger partial charge in [-0.05, 0) is 55.0 Å². The Labute approximate surface area is 255 Å². The van der Waals surface area contributed by atoms with Crippen LogP contribution in [0.2, 0.25) is 0 Å². The number of allylic oxidation sites excluding steroid dienone is 4. The van der Waals surface area contributed by atoms with Gasteiger partial charge in [-0.25, -0.2) is 0 Å². The average molecular weight is 563 g/mol. The standard InChI is InChI=1S/C26H34N4.2C4H10.C3H8/c1-11-22(17-30(9)10)24-15-13-14-23(16-24)19(5)28-20(6)25(12-2)21(7)29-26(27-8)18(3)4;1-4(2)3;1-3-4-2;1-3-2/h11-17H,1-3,7H2,4-6,8-10H3,(H,27,29);4H,1-3H3;3-4H2,1-2H3;3H2,1-2H3/b22-17+,25-20+,28-19?;;;. The normalized spacial score (nSPS) is 11.8. The van der Waals surface area contributed by atoms with Crippen LogP contribution in [0.15, 0.2) is 101 Å². The molecule has 0 amide bonds. The van der Waals surface area contributed by atoms with Crippen LogP contribution in [0.4, 0.5) is 0 Å². The van der Waals surface area contributed by atoms with Crippen LogP contribution in [0.5, 0.6) is 0 Å². The maximum Gasteiger partial charge on any atom is 0.127 e. The average Bonchev–Trinajstić information content (AvgIpc) is 2.90. The van der Waals surface area contributed by atoms with Gasteiger partial charge in [-0.15, -0.1) is 0 Å². The first-order valence-electron chi connectivity index (χ1n) is 14.8. The lowest BCUT2D eigenvalue weighted by molar-refractivity contribution is 0.566. The van der Waals surface area contributed by atoms with Crippen LogP contribution in [0.25, 0.3) is 5.57 Å². The Morgan fingerprint density at radius 1 is 0.927 bits per heavy atom. The lowest BCUT2D eigenvalue weighted by Crippen LogP contribution is -2.24. The molecule has 41 heavy (non-hydrogen) atoms. The quantitative estimate of drug-likeness (QED) is 0.175. The Kier molecular flexibility index (Phi) is 26.2. The molecule has 0 saturated carbocycles. The van der Waals surface area contributed by atoms with Gasteiger partial charge in [-0.2, -0.15) is 0 Å². The topological polar surface area (TPSA) is 40.0 Å². The molecule has 0 aliphatic heterocycles. The van der Waals surface area contributed by atoms with Crippen molar-refractivity contribution >= 4 is 17.1 Å². The minimum absolute atomic E-state index is 0.680. The predicted molar refractivity (Wildman–Crippen MR) is 191 cm³/mol. The summed E-state index contributed by atoms with van der Waals surface area (Å²) in [6.07, 6.45) is 9.54. The number of hydrogen-bond donors (Lipinski definition) is 1. The summed E-state index contributed by atoms with van der Waals surface area (Å²) >= 11 is 0. The van der Waals surface area contributed by atoms with Crippen molar-refractivity contribution in [2.75, 3.05) is 21.1 Å². The van der Waals surface area contributed by atoms with E-state index in [1.165, 1.54) is 19.3 Å². The van der Waals surface area contributed by atoms with E-state index < -0.39 is 0 Å². The molecule has 0 atom stereocenters. The van der Waals surface area contributed by atoms with E-state index in [0.717, 1.165) is 45.2 Å². The predicted octanol–water partition coefficient (Wildman–Crippen LogP) is 10.6. The van der Waals surface area contributed by atoms with Crippen molar-refractivity contribution in [3.63, 3.8) is 0 Å². The second-order valence-electron chi connectivity index (χ2n) is 10.6. The number of rotatable bonds is 10. The summed E-state index contributed by atoms with van der Waals surface area (Å²) in [7, 11) is 5.70. The zero-order valence-electron chi connectivity index (χ0n) is 28.9. The van der Waals surface area contributed by atoms with Crippen LogP contribution in [0.1, 0.15) is 99.6 Å². The molecule has 1 aromatic carbocycles. The molecule has 0 aliphatic rings. The van der Waals surface area contributed by atoms with Crippen molar-refractivity contribution in [2.45, 2.75) is 88.5 Å². The number of benzene rings is 1. The van der Waals surface area contributed by atoms with Crippen molar-refractivity contribution in [2.24, 2.45) is 15.9 Å². The number of unbranched alkanes of at least 4 members (excludes halogenated alkanes) is 1. The largest absolute Gasteiger partial charge is 0.383 e. The number of amidine groups is 1. The van der Waals surface area contributed by atoms with E-state index >= 15 is 0 Å². The molecule has 1 rings (SSSR count). The van der Waals surface area contributed by atoms with Gasteiger partial charge in [0, 0.05) is 50.0 Å². The lowest BCUT2D eigenvalue weighted by atomic mass is 10.0. The van der Waals surface area contributed by atoms with Gasteiger partial charge >= 0.3 is 0 Å². The highest BCUT2D eigenvalue weighted by Crippen LogP contribution is 2.20. The number of hydrogen-bond acceptors (Lipinski definition) is 3. The highest BCUT2D eigenvalue weighted by Gasteiger charge is 2.08. The molecule has 0 aliphatic carbocycles. The van der Waals surface area contributed by atoms with Crippen LogP contribution in [0, 0.1) is 5.92 Å². The molecule has 0 saturated heterocycles.